The Hall–Kier alpha value is -0.930. The van der Waals surface area contributed by atoms with Gasteiger partial charge >= 0.3 is 0 Å². The molecule has 1 fully saturated rings. The number of ketones is 1. The third-order valence-corrected chi connectivity index (χ3v) is 4.61. The maximum absolute atomic E-state index is 12.0. The van der Waals surface area contributed by atoms with E-state index in [1.807, 2.05) is 32.9 Å². The minimum Gasteiger partial charge on any atom is -0.396 e. The van der Waals surface area contributed by atoms with Gasteiger partial charge in [0.25, 0.3) is 0 Å². The van der Waals surface area contributed by atoms with Crippen molar-refractivity contribution in [3.8, 4) is 0 Å². The molecular formula is C19H32O3. The van der Waals surface area contributed by atoms with Gasteiger partial charge < -0.3 is 10.2 Å². The molecular weight excluding hydrogens is 276 g/mol. The number of rotatable bonds is 7. The van der Waals surface area contributed by atoms with Crippen LogP contribution in [0.4, 0.5) is 0 Å². The van der Waals surface area contributed by atoms with Gasteiger partial charge in [-0.3, -0.25) is 4.79 Å². The molecule has 0 aliphatic heterocycles. The van der Waals surface area contributed by atoms with Gasteiger partial charge in [0.05, 0.1) is 6.10 Å². The van der Waals surface area contributed by atoms with Crippen molar-refractivity contribution < 1.29 is 15.0 Å². The second-order valence-electron chi connectivity index (χ2n) is 7.20. The lowest BCUT2D eigenvalue weighted by atomic mass is 9.76. The molecule has 1 aliphatic carbocycles. The molecule has 1 aliphatic rings. The van der Waals surface area contributed by atoms with E-state index in [0.717, 1.165) is 31.3 Å². The molecule has 0 heterocycles. The van der Waals surface area contributed by atoms with E-state index in [-0.39, 0.29) is 30.3 Å². The first kappa shape index (κ1) is 19.1. The van der Waals surface area contributed by atoms with E-state index in [2.05, 4.69) is 6.92 Å². The quantitative estimate of drug-likeness (QED) is 0.559. The summed E-state index contributed by atoms with van der Waals surface area (Å²) in [5.74, 6) is 1.000. The van der Waals surface area contributed by atoms with Gasteiger partial charge in [-0.2, -0.15) is 0 Å². The predicted molar refractivity (Wildman–Crippen MR) is 90.4 cm³/mol. The highest BCUT2D eigenvalue weighted by molar-refractivity contribution is 5.92. The number of allylic oxidation sites excluding steroid dienone is 4. The molecule has 5 atom stereocenters. The molecule has 2 N–H and O–H groups in total. The average molecular weight is 308 g/mol. The van der Waals surface area contributed by atoms with E-state index in [1.54, 1.807) is 6.08 Å². The first-order valence-electron chi connectivity index (χ1n) is 8.49. The van der Waals surface area contributed by atoms with Crippen LogP contribution in [0.2, 0.25) is 0 Å². The van der Waals surface area contributed by atoms with Crippen molar-refractivity contribution in [2.45, 2.75) is 59.5 Å². The molecule has 1 saturated carbocycles. The topological polar surface area (TPSA) is 57.5 Å². The van der Waals surface area contributed by atoms with Crippen molar-refractivity contribution in [1.82, 2.24) is 0 Å². The summed E-state index contributed by atoms with van der Waals surface area (Å²) < 4.78 is 0. The maximum Gasteiger partial charge on any atom is 0.161 e. The summed E-state index contributed by atoms with van der Waals surface area (Å²) in [5.41, 5.74) is 1.16. The van der Waals surface area contributed by atoms with Crippen molar-refractivity contribution in [2.75, 3.05) is 6.61 Å². The summed E-state index contributed by atoms with van der Waals surface area (Å²) >= 11 is 0. The van der Waals surface area contributed by atoms with Crippen LogP contribution in [0.5, 0.6) is 0 Å². The Balaban J connectivity index is 2.45. The van der Waals surface area contributed by atoms with E-state index >= 15 is 0 Å². The molecule has 0 unspecified atom stereocenters. The smallest absolute Gasteiger partial charge is 0.161 e. The number of aliphatic hydroxyl groups excluding tert-OH is 2. The zero-order chi connectivity index (χ0) is 16.7. The molecule has 0 aromatic rings. The minimum absolute atomic E-state index is 0.0225. The molecule has 1 rings (SSSR count). The summed E-state index contributed by atoms with van der Waals surface area (Å²) in [6.45, 7) is 8.14. The van der Waals surface area contributed by atoms with Crippen LogP contribution in [-0.4, -0.2) is 28.7 Å². The van der Waals surface area contributed by atoms with E-state index in [1.165, 1.54) is 0 Å². The van der Waals surface area contributed by atoms with Crippen LogP contribution < -0.4 is 0 Å². The zero-order valence-corrected chi connectivity index (χ0v) is 14.5. The molecule has 3 nitrogen and oxygen atoms in total. The number of carbonyl (C=O) groups excluding carboxylic acids is 1. The number of hydrogen-bond acceptors (Lipinski definition) is 3. The summed E-state index contributed by atoms with van der Waals surface area (Å²) in [4.78, 5) is 12.0. The third-order valence-electron chi connectivity index (χ3n) is 4.61. The van der Waals surface area contributed by atoms with Gasteiger partial charge in [0, 0.05) is 18.4 Å². The van der Waals surface area contributed by atoms with Crippen LogP contribution in [0, 0.1) is 23.7 Å². The van der Waals surface area contributed by atoms with Crippen LogP contribution in [0.3, 0.4) is 0 Å². The molecule has 126 valence electrons. The largest absolute Gasteiger partial charge is 0.396 e. The first-order valence-corrected chi connectivity index (χ1v) is 8.49. The van der Waals surface area contributed by atoms with Gasteiger partial charge in [0.2, 0.25) is 0 Å². The van der Waals surface area contributed by atoms with Crippen molar-refractivity contribution in [2.24, 2.45) is 23.7 Å². The van der Waals surface area contributed by atoms with Gasteiger partial charge in [-0.05, 0) is 57.4 Å². The number of hydrogen-bond donors (Lipinski definition) is 2. The maximum atomic E-state index is 12.0. The first-order chi connectivity index (χ1) is 10.3. The Kier molecular flexibility index (Phi) is 8.05. The predicted octanol–water partition coefficient (Wildman–Crippen LogP) is 3.51. The summed E-state index contributed by atoms with van der Waals surface area (Å²) in [6.07, 6.45) is 9.07. The molecule has 3 heteroatoms. The Morgan fingerprint density at radius 3 is 2.55 bits per heavy atom. The third kappa shape index (κ3) is 6.45. The highest BCUT2D eigenvalue weighted by Gasteiger charge is 2.29. The Labute approximate surface area is 135 Å². The van der Waals surface area contributed by atoms with Crippen LogP contribution in [-0.2, 0) is 4.79 Å². The van der Waals surface area contributed by atoms with Crippen molar-refractivity contribution in [3.05, 3.63) is 23.8 Å². The zero-order valence-electron chi connectivity index (χ0n) is 14.5. The lowest BCUT2D eigenvalue weighted by molar-refractivity contribution is -0.116. The van der Waals surface area contributed by atoms with Crippen molar-refractivity contribution in [1.29, 1.82) is 0 Å². The fourth-order valence-corrected chi connectivity index (χ4v) is 3.35. The number of aliphatic hydroxyl groups is 2. The van der Waals surface area contributed by atoms with Gasteiger partial charge in [-0.1, -0.05) is 31.6 Å². The SMILES string of the molecule is CC(C)=C[C@@H](C)C(=O)/C=C\[C@H](C)C[C@@H]1CC[C@@H](O)[C@H](CO)C1. The van der Waals surface area contributed by atoms with E-state index in [4.69, 9.17) is 0 Å². The number of carbonyl (C=O) groups is 1. The Morgan fingerprint density at radius 2 is 1.95 bits per heavy atom. The van der Waals surface area contributed by atoms with Gasteiger partial charge in [0.1, 0.15) is 0 Å². The summed E-state index contributed by atoms with van der Waals surface area (Å²) in [6, 6.07) is 0. The molecule has 0 saturated heterocycles. The van der Waals surface area contributed by atoms with E-state index in [0.29, 0.717) is 11.8 Å². The van der Waals surface area contributed by atoms with E-state index < -0.39 is 0 Å². The van der Waals surface area contributed by atoms with Gasteiger partial charge in [-0.15, -0.1) is 0 Å². The lowest BCUT2D eigenvalue weighted by Gasteiger charge is -2.33. The lowest BCUT2D eigenvalue weighted by Crippen LogP contribution is -2.32. The summed E-state index contributed by atoms with van der Waals surface area (Å²) in [5, 5.41) is 19.1. The molecule has 0 spiro atoms. The van der Waals surface area contributed by atoms with Crippen LogP contribution in [0.15, 0.2) is 23.8 Å². The Morgan fingerprint density at radius 1 is 1.27 bits per heavy atom. The molecule has 0 aromatic carbocycles. The molecule has 22 heavy (non-hydrogen) atoms. The fourth-order valence-electron chi connectivity index (χ4n) is 3.35. The van der Waals surface area contributed by atoms with Crippen LogP contribution >= 0.6 is 0 Å². The van der Waals surface area contributed by atoms with Gasteiger partial charge in [-0.25, -0.2) is 0 Å². The van der Waals surface area contributed by atoms with Gasteiger partial charge in [0.15, 0.2) is 5.78 Å². The summed E-state index contributed by atoms with van der Waals surface area (Å²) in [7, 11) is 0. The second kappa shape index (κ2) is 9.26. The standard InChI is InChI=1S/C19H32O3/c1-13(2)9-15(4)18(21)7-5-14(3)10-16-6-8-19(22)17(11-16)12-20/h5,7,9,14-17,19-20,22H,6,8,10-12H2,1-4H3/b7-5-/t14-,15+,16-,17-,19+/m0/s1. The molecule has 0 bridgehead atoms. The van der Waals surface area contributed by atoms with Crippen LogP contribution in [0.1, 0.15) is 53.4 Å². The average Bonchev–Trinajstić information content (AvgIpc) is 2.46. The van der Waals surface area contributed by atoms with Crippen molar-refractivity contribution in [3.63, 3.8) is 0 Å². The Bertz CT molecular complexity index is 407. The minimum atomic E-state index is -0.349. The highest BCUT2D eigenvalue weighted by atomic mass is 16.3. The molecule has 0 amide bonds. The van der Waals surface area contributed by atoms with Crippen molar-refractivity contribution >= 4 is 5.78 Å². The molecule has 0 aromatic heterocycles. The highest BCUT2D eigenvalue weighted by Crippen LogP contribution is 2.33. The fraction of sp³-hybridized carbons (Fsp3) is 0.737. The van der Waals surface area contributed by atoms with E-state index in [9.17, 15) is 15.0 Å². The molecule has 0 radical (unpaired) electrons. The van der Waals surface area contributed by atoms with Crippen LogP contribution in [0.25, 0.3) is 0 Å². The second-order valence-corrected chi connectivity index (χ2v) is 7.20. The normalized spacial score (nSPS) is 28.4. The monoisotopic (exact) mass is 308 g/mol.